The highest BCUT2D eigenvalue weighted by Gasteiger charge is 2.13. The molecule has 8 heteroatoms. The minimum atomic E-state index is -0.453. The van der Waals surface area contributed by atoms with Crippen LogP contribution < -0.4 is 10.1 Å². The monoisotopic (exact) mass is 370 g/mol. The largest absolute Gasteiger partial charge is 0.495 e. The van der Waals surface area contributed by atoms with Crippen molar-refractivity contribution in [3.05, 3.63) is 59.4 Å². The van der Waals surface area contributed by atoms with Crippen molar-refractivity contribution in [1.82, 2.24) is 15.0 Å². The number of rotatable bonds is 5. The molecule has 2 heterocycles. The second-order valence-electron chi connectivity index (χ2n) is 5.15. The van der Waals surface area contributed by atoms with E-state index in [0.717, 1.165) is 0 Å². The Hall–Kier alpha value is -3.19. The molecule has 132 valence electrons. The van der Waals surface area contributed by atoms with E-state index < -0.39 is 5.97 Å². The number of pyridine rings is 1. The fourth-order valence-electron chi connectivity index (χ4n) is 2.28. The first-order valence-electron chi connectivity index (χ1n) is 7.60. The van der Waals surface area contributed by atoms with Gasteiger partial charge in [-0.1, -0.05) is 17.7 Å². The van der Waals surface area contributed by atoms with Gasteiger partial charge in [0.05, 0.1) is 25.5 Å². The first-order chi connectivity index (χ1) is 12.6. The molecule has 0 radical (unpaired) electrons. The molecule has 0 saturated carbocycles. The fraction of sp³-hybridized carbons (Fsp3) is 0.111. The molecule has 0 aliphatic carbocycles. The number of halogens is 1. The number of aromatic nitrogens is 3. The SMILES string of the molecule is COC(=O)c1ccc(OC)c(Nc2cc(Cl)nc(-c3ccccn3)n2)c1. The lowest BCUT2D eigenvalue weighted by molar-refractivity contribution is 0.0601. The van der Waals surface area contributed by atoms with E-state index in [1.54, 1.807) is 42.6 Å². The van der Waals surface area contributed by atoms with E-state index >= 15 is 0 Å². The lowest BCUT2D eigenvalue weighted by atomic mass is 10.2. The maximum absolute atomic E-state index is 11.8. The van der Waals surface area contributed by atoms with Gasteiger partial charge in [-0.3, -0.25) is 4.98 Å². The predicted octanol–water partition coefficient (Wildman–Crippen LogP) is 3.73. The minimum Gasteiger partial charge on any atom is -0.495 e. The van der Waals surface area contributed by atoms with Gasteiger partial charge in [0.2, 0.25) is 0 Å². The zero-order valence-corrected chi connectivity index (χ0v) is 14.8. The number of anilines is 2. The summed E-state index contributed by atoms with van der Waals surface area (Å²) in [6.07, 6.45) is 1.65. The summed E-state index contributed by atoms with van der Waals surface area (Å²) in [5.74, 6) is 0.895. The number of ether oxygens (including phenoxy) is 2. The zero-order chi connectivity index (χ0) is 18.5. The average Bonchev–Trinajstić information content (AvgIpc) is 2.67. The Balaban J connectivity index is 1.98. The molecule has 7 nitrogen and oxygen atoms in total. The minimum absolute atomic E-state index is 0.256. The zero-order valence-electron chi connectivity index (χ0n) is 14.1. The number of carbonyl (C=O) groups excluding carboxylic acids is 1. The van der Waals surface area contributed by atoms with E-state index in [-0.39, 0.29) is 5.15 Å². The number of carbonyl (C=O) groups is 1. The van der Waals surface area contributed by atoms with Gasteiger partial charge in [-0.25, -0.2) is 14.8 Å². The standard InChI is InChI=1S/C18H15ClN4O3/c1-25-14-7-6-11(18(24)26-2)9-13(14)21-16-10-15(19)22-17(23-16)12-5-3-4-8-20-12/h3-10H,1-2H3,(H,21,22,23). The molecule has 3 rings (SSSR count). The van der Waals surface area contributed by atoms with Crippen LogP contribution in [0.15, 0.2) is 48.7 Å². The smallest absolute Gasteiger partial charge is 0.337 e. The van der Waals surface area contributed by atoms with Crippen molar-refractivity contribution < 1.29 is 14.3 Å². The molecule has 0 bridgehead atoms. The number of methoxy groups -OCH3 is 2. The van der Waals surface area contributed by atoms with Gasteiger partial charge in [0.1, 0.15) is 22.4 Å². The summed E-state index contributed by atoms with van der Waals surface area (Å²) >= 11 is 6.12. The highest BCUT2D eigenvalue weighted by Crippen LogP contribution is 2.29. The normalized spacial score (nSPS) is 10.3. The van der Waals surface area contributed by atoms with Gasteiger partial charge < -0.3 is 14.8 Å². The number of hydrogen-bond donors (Lipinski definition) is 1. The summed E-state index contributed by atoms with van der Waals surface area (Å²) in [5.41, 5.74) is 1.51. The molecular weight excluding hydrogens is 356 g/mol. The van der Waals surface area contributed by atoms with Gasteiger partial charge in [0, 0.05) is 12.3 Å². The topological polar surface area (TPSA) is 86.2 Å². The first kappa shape index (κ1) is 17.6. The predicted molar refractivity (Wildman–Crippen MR) is 97.9 cm³/mol. The van der Waals surface area contributed by atoms with Crippen LogP contribution in [-0.2, 0) is 4.74 Å². The molecular formula is C18H15ClN4O3. The summed E-state index contributed by atoms with van der Waals surface area (Å²) in [4.78, 5) is 24.6. The number of benzene rings is 1. The lowest BCUT2D eigenvalue weighted by Crippen LogP contribution is -2.04. The van der Waals surface area contributed by atoms with Crippen LogP contribution in [0.2, 0.25) is 5.15 Å². The third-order valence-electron chi connectivity index (χ3n) is 3.47. The van der Waals surface area contributed by atoms with Crippen LogP contribution in [-0.4, -0.2) is 35.1 Å². The highest BCUT2D eigenvalue weighted by atomic mass is 35.5. The van der Waals surface area contributed by atoms with Crippen molar-refractivity contribution in [3.63, 3.8) is 0 Å². The molecule has 2 aromatic heterocycles. The van der Waals surface area contributed by atoms with Crippen molar-refractivity contribution in [2.45, 2.75) is 0 Å². The van der Waals surface area contributed by atoms with Crippen LogP contribution in [0.5, 0.6) is 5.75 Å². The number of esters is 1. The van der Waals surface area contributed by atoms with E-state index in [1.165, 1.54) is 14.2 Å². The molecule has 26 heavy (non-hydrogen) atoms. The fourth-order valence-corrected chi connectivity index (χ4v) is 2.46. The second kappa shape index (κ2) is 7.79. The van der Waals surface area contributed by atoms with E-state index in [1.807, 2.05) is 6.07 Å². The molecule has 0 saturated heterocycles. The van der Waals surface area contributed by atoms with Crippen LogP contribution in [0.25, 0.3) is 11.5 Å². The van der Waals surface area contributed by atoms with Crippen molar-refractivity contribution in [2.24, 2.45) is 0 Å². The van der Waals surface area contributed by atoms with Crippen molar-refractivity contribution in [3.8, 4) is 17.3 Å². The van der Waals surface area contributed by atoms with E-state index in [2.05, 4.69) is 20.3 Å². The van der Waals surface area contributed by atoms with Crippen LogP contribution in [0, 0.1) is 0 Å². The highest BCUT2D eigenvalue weighted by molar-refractivity contribution is 6.29. The van der Waals surface area contributed by atoms with Crippen LogP contribution in [0.1, 0.15) is 10.4 Å². The number of hydrogen-bond acceptors (Lipinski definition) is 7. The van der Waals surface area contributed by atoms with E-state index in [9.17, 15) is 4.79 Å². The number of nitrogens with one attached hydrogen (secondary N) is 1. The maximum Gasteiger partial charge on any atom is 0.337 e. The molecule has 0 aliphatic heterocycles. The van der Waals surface area contributed by atoms with E-state index in [4.69, 9.17) is 21.1 Å². The van der Waals surface area contributed by atoms with Crippen LogP contribution in [0.4, 0.5) is 11.5 Å². The van der Waals surface area contributed by atoms with Gasteiger partial charge in [-0.2, -0.15) is 0 Å². The van der Waals surface area contributed by atoms with Crippen molar-refractivity contribution >= 4 is 29.1 Å². The number of nitrogens with zero attached hydrogens (tertiary/aromatic N) is 3. The Bertz CT molecular complexity index is 935. The molecule has 0 atom stereocenters. The third kappa shape index (κ3) is 3.89. The van der Waals surface area contributed by atoms with Gasteiger partial charge in [-0.15, -0.1) is 0 Å². The molecule has 1 N–H and O–H groups in total. The van der Waals surface area contributed by atoms with Gasteiger partial charge in [0.25, 0.3) is 0 Å². The summed E-state index contributed by atoms with van der Waals surface area (Å²) in [6, 6.07) is 11.9. The molecule has 1 aromatic carbocycles. The summed E-state index contributed by atoms with van der Waals surface area (Å²) < 4.78 is 10.1. The molecule has 0 unspecified atom stereocenters. The molecule has 0 amide bonds. The summed E-state index contributed by atoms with van der Waals surface area (Å²) in [5, 5.41) is 3.35. The quantitative estimate of drug-likeness (QED) is 0.540. The van der Waals surface area contributed by atoms with Crippen LogP contribution >= 0.6 is 11.6 Å². The molecule has 0 aliphatic rings. The lowest BCUT2D eigenvalue weighted by Gasteiger charge is -2.12. The molecule has 3 aromatic rings. The Morgan fingerprint density at radius 1 is 1.12 bits per heavy atom. The average molecular weight is 371 g/mol. The maximum atomic E-state index is 11.8. The molecule has 0 fully saturated rings. The van der Waals surface area contributed by atoms with Crippen molar-refractivity contribution in [1.29, 1.82) is 0 Å². The Morgan fingerprint density at radius 3 is 2.65 bits per heavy atom. The summed E-state index contributed by atoms with van der Waals surface area (Å²) in [7, 11) is 2.85. The second-order valence-corrected chi connectivity index (χ2v) is 5.53. The first-order valence-corrected chi connectivity index (χ1v) is 7.98. The van der Waals surface area contributed by atoms with Gasteiger partial charge >= 0.3 is 5.97 Å². The van der Waals surface area contributed by atoms with E-state index in [0.29, 0.717) is 34.3 Å². The third-order valence-corrected chi connectivity index (χ3v) is 3.67. The Morgan fingerprint density at radius 2 is 1.96 bits per heavy atom. The van der Waals surface area contributed by atoms with Crippen molar-refractivity contribution in [2.75, 3.05) is 19.5 Å². The summed E-state index contributed by atoms with van der Waals surface area (Å²) in [6.45, 7) is 0. The van der Waals surface area contributed by atoms with Gasteiger partial charge in [0.15, 0.2) is 5.82 Å². The Kier molecular flexibility index (Phi) is 5.28. The molecule has 0 spiro atoms. The van der Waals surface area contributed by atoms with Crippen LogP contribution in [0.3, 0.4) is 0 Å². The van der Waals surface area contributed by atoms with Gasteiger partial charge in [-0.05, 0) is 30.3 Å². The Labute approximate surface area is 155 Å².